The van der Waals surface area contributed by atoms with Gasteiger partial charge in [0.2, 0.25) is 0 Å². The normalized spacial score (nSPS) is 10.9. The number of nitro benzene ring substituents is 1. The lowest BCUT2D eigenvalue weighted by Gasteiger charge is -1.98. The highest BCUT2D eigenvalue weighted by atomic mass is 79.9. The molecule has 1 aromatic heterocycles. The zero-order valence-corrected chi connectivity index (χ0v) is 13.0. The van der Waals surface area contributed by atoms with Crippen molar-refractivity contribution < 1.29 is 9.72 Å². The van der Waals surface area contributed by atoms with Crippen LogP contribution in [0, 0.1) is 10.1 Å². The Morgan fingerprint density at radius 1 is 1.40 bits per heavy atom. The maximum absolute atomic E-state index is 11.9. The van der Waals surface area contributed by atoms with Gasteiger partial charge in [0.25, 0.3) is 5.69 Å². The molecule has 1 heterocycles. The topological polar surface area (TPSA) is 60.2 Å². The fourth-order valence-corrected chi connectivity index (χ4v) is 2.99. The molecule has 0 spiro atoms. The van der Waals surface area contributed by atoms with E-state index in [9.17, 15) is 14.9 Å². The summed E-state index contributed by atoms with van der Waals surface area (Å²) >= 11 is 10.5. The van der Waals surface area contributed by atoms with Gasteiger partial charge in [0.1, 0.15) is 0 Å². The van der Waals surface area contributed by atoms with E-state index in [4.69, 9.17) is 11.6 Å². The minimum Gasteiger partial charge on any atom is -0.288 e. The fourth-order valence-electron chi connectivity index (χ4n) is 1.46. The van der Waals surface area contributed by atoms with Gasteiger partial charge in [0.05, 0.1) is 9.80 Å². The molecule has 0 amide bonds. The molecule has 4 nitrogen and oxygen atoms in total. The summed E-state index contributed by atoms with van der Waals surface area (Å²) in [5, 5.41) is 12.9. The maximum atomic E-state index is 11.9. The first-order valence-corrected chi connectivity index (χ1v) is 7.43. The molecule has 2 rings (SSSR count). The summed E-state index contributed by atoms with van der Waals surface area (Å²) in [4.78, 5) is 22.7. The molecular weight excluding hydrogens is 366 g/mol. The molecule has 0 aliphatic rings. The number of nitrogens with zero attached hydrogens (tertiary/aromatic N) is 1. The second kappa shape index (κ2) is 6.30. The average Bonchev–Trinajstić information content (AvgIpc) is 2.84. The van der Waals surface area contributed by atoms with Gasteiger partial charge >= 0.3 is 0 Å². The number of non-ortho nitro benzene ring substituents is 1. The first-order valence-electron chi connectivity index (χ1n) is 5.38. The third-order valence-electron chi connectivity index (χ3n) is 2.41. The number of hydrogen-bond donors (Lipinski definition) is 0. The van der Waals surface area contributed by atoms with Crippen molar-refractivity contribution in [1.82, 2.24) is 0 Å². The fraction of sp³-hybridized carbons (Fsp3) is 0. The smallest absolute Gasteiger partial charge is 0.270 e. The molecule has 0 radical (unpaired) electrons. The summed E-state index contributed by atoms with van der Waals surface area (Å²) < 4.78 is 0.840. The van der Waals surface area contributed by atoms with Crippen LogP contribution in [0.3, 0.4) is 0 Å². The number of hydrogen-bond acceptors (Lipinski definition) is 4. The van der Waals surface area contributed by atoms with Crippen LogP contribution in [-0.4, -0.2) is 10.7 Å². The highest BCUT2D eigenvalue weighted by Gasteiger charge is 2.09. The number of benzene rings is 1. The zero-order chi connectivity index (χ0) is 14.7. The maximum Gasteiger partial charge on any atom is 0.270 e. The molecule has 0 bridgehead atoms. The number of ketones is 1. The number of allylic oxidation sites excluding steroid dienone is 1. The molecule has 0 saturated carbocycles. The van der Waals surface area contributed by atoms with Crippen LogP contribution in [-0.2, 0) is 0 Å². The molecule has 0 aliphatic carbocycles. The molecule has 102 valence electrons. The van der Waals surface area contributed by atoms with Gasteiger partial charge in [0.15, 0.2) is 5.78 Å². The average molecular weight is 373 g/mol. The molecule has 2 aromatic rings. The van der Waals surface area contributed by atoms with E-state index in [1.165, 1.54) is 41.7 Å². The van der Waals surface area contributed by atoms with E-state index in [0.717, 1.165) is 4.47 Å². The van der Waals surface area contributed by atoms with Gasteiger partial charge in [-0.15, -0.1) is 11.3 Å². The van der Waals surface area contributed by atoms with Crippen LogP contribution in [0.15, 0.2) is 40.2 Å². The minimum absolute atomic E-state index is 0.0691. The molecule has 7 heteroatoms. The van der Waals surface area contributed by atoms with Gasteiger partial charge in [0, 0.05) is 27.0 Å². The van der Waals surface area contributed by atoms with Crippen molar-refractivity contribution in [3.05, 3.63) is 65.8 Å². The Kier molecular flexibility index (Phi) is 4.69. The highest BCUT2D eigenvalue weighted by molar-refractivity contribution is 9.10. The van der Waals surface area contributed by atoms with Gasteiger partial charge in [-0.3, -0.25) is 14.9 Å². The van der Waals surface area contributed by atoms with Gasteiger partial charge in [-0.2, -0.15) is 0 Å². The summed E-state index contributed by atoms with van der Waals surface area (Å²) in [6, 6.07) is 5.80. The Morgan fingerprint density at radius 2 is 2.15 bits per heavy atom. The first kappa shape index (κ1) is 14.9. The van der Waals surface area contributed by atoms with Crippen LogP contribution in [0.5, 0.6) is 0 Å². The van der Waals surface area contributed by atoms with E-state index < -0.39 is 4.92 Å². The van der Waals surface area contributed by atoms with E-state index in [-0.39, 0.29) is 11.5 Å². The molecule has 0 atom stereocenters. The summed E-state index contributed by atoms with van der Waals surface area (Å²) in [6.07, 6.45) is 2.83. The molecule has 0 unspecified atom stereocenters. The standard InChI is InChI=1S/C13H7BrClNO3S/c14-9-6-13(20-7-9)12(17)4-1-8-5-10(16(18)19)2-3-11(8)15/h1-7H/b4-1+. The molecule has 0 saturated heterocycles. The van der Waals surface area contributed by atoms with Crippen LogP contribution in [0.1, 0.15) is 15.2 Å². The number of halogens is 2. The lowest BCUT2D eigenvalue weighted by atomic mass is 10.1. The van der Waals surface area contributed by atoms with E-state index in [0.29, 0.717) is 15.5 Å². The van der Waals surface area contributed by atoms with Crippen molar-refractivity contribution in [3.8, 4) is 0 Å². The zero-order valence-electron chi connectivity index (χ0n) is 9.88. The first-order chi connectivity index (χ1) is 9.47. The van der Waals surface area contributed by atoms with Crippen molar-refractivity contribution in [2.24, 2.45) is 0 Å². The van der Waals surface area contributed by atoms with Crippen LogP contribution >= 0.6 is 38.9 Å². The Morgan fingerprint density at radius 3 is 2.75 bits per heavy atom. The van der Waals surface area contributed by atoms with Gasteiger partial charge in [-0.1, -0.05) is 11.6 Å². The second-order valence-corrected chi connectivity index (χ2v) is 6.02. The number of rotatable bonds is 4. The molecule has 0 N–H and O–H groups in total. The van der Waals surface area contributed by atoms with Crippen LogP contribution in [0.2, 0.25) is 5.02 Å². The van der Waals surface area contributed by atoms with Gasteiger partial charge in [-0.05, 0) is 45.8 Å². The Labute approximate surface area is 132 Å². The largest absolute Gasteiger partial charge is 0.288 e. The molecular formula is C13H7BrClNO3S. The SMILES string of the molecule is O=C(/C=C/c1cc([N+](=O)[O-])ccc1Cl)c1cc(Br)cs1. The second-order valence-electron chi connectivity index (χ2n) is 3.79. The van der Waals surface area contributed by atoms with Gasteiger partial charge in [-0.25, -0.2) is 0 Å². The Balaban J connectivity index is 2.25. The highest BCUT2D eigenvalue weighted by Crippen LogP contribution is 2.24. The summed E-state index contributed by atoms with van der Waals surface area (Å²) in [5.41, 5.74) is 0.366. The van der Waals surface area contributed by atoms with Crippen molar-refractivity contribution in [3.63, 3.8) is 0 Å². The Bertz CT molecular complexity index is 711. The molecule has 0 fully saturated rings. The quantitative estimate of drug-likeness (QED) is 0.329. The van der Waals surface area contributed by atoms with Crippen molar-refractivity contribution in [2.45, 2.75) is 0 Å². The minimum atomic E-state index is -0.508. The third-order valence-corrected chi connectivity index (χ3v) is 4.46. The van der Waals surface area contributed by atoms with E-state index in [2.05, 4.69) is 15.9 Å². The molecule has 20 heavy (non-hydrogen) atoms. The number of carbonyl (C=O) groups is 1. The monoisotopic (exact) mass is 371 g/mol. The van der Waals surface area contributed by atoms with Crippen LogP contribution in [0.25, 0.3) is 6.08 Å². The summed E-state index contributed by atoms with van der Waals surface area (Å²) in [7, 11) is 0. The lowest BCUT2D eigenvalue weighted by Crippen LogP contribution is -1.91. The number of nitro groups is 1. The van der Waals surface area contributed by atoms with Crippen LogP contribution in [0.4, 0.5) is 5.69 Å². The summed E-state index contributed by atoms with van der Waals surface area (Å²) in [5.74, 6) is -0.178. The van der Waals surface area contributed by atoms with Crippen molar-refractivity contribution in [1.29, 1.82) is 0 Å². The van der Waals surface area contributed by atoms with Crippen molar-refractivity contribution in [2.75, 3.05) is 0 Å². The summed E-state index contributed by atoms with van der Waals surface area (Å²) in [6.45, 7) is 0. The molecule has 1 aromatic carbocycles. The van der Waals surface area contributed by atoms with E-state index in [1.807, 2.05) is 0 Å². The Hall–Kier alpha value is -1.50. The van der Waals surface area contributed by atoms with Gasteiger partial charge < -0.3 is 0 Å². The van der Waals surface area contributed by atoms with E-state index in [1.54, 1.807) is 11.4 Å². The predicted octanol–water partition coefficient (Wildman–Crippen LogP) is 4.97. The van der Waals surface area contributed by atoms with Crippen molar-refractivity contribution >= 4 is 56.4 Å². The predicted molar refractivity (Wildman–Crippen MR) is 83.5 cm³/mol. The lowest BCUT2D eigenvalue weighted by molar-refractivity contribution is -0.384. The molecule has 0 aliphatic heterocycles. The number of thiophene rings is 1. The third kappa shape index (κ3) is 3.53. The number of carbonyl (C=O) groups excluding carboxylic acids is 1. The van der Waals surface area contributed by atoms with Crippen LogP contribution < -0.4 is 0 Å². The van der Waals surface area contributed by atoms with E-state index >= 15 is 0 Å².